The van der Waals surface area contributed by atoms with Crippen molar-refractivity contribution in [3.05, 3.63) is 15.6 Å². The Morgan fingerprint density at radius 2 is 2.09 bits per heavy atom. The van der Waals surface area contributed by atoms with E-state index in [-0.39, 0.29) is 36.0 Å². The number of thiazole rings is 1. The molecular formula is C15H27IN4O2S. The highest BCUT2D eigenvalue weighted by atomic mass is 127. The molecule has 0 saturated carbocycles. The van der Waals surface area contributed by atoms with Gasteiger partial charge in [-0.3, -0.25) is 4.99 Å². The maximum absolute atomic E-state index is 11.9. The first-order chi connectivity index (χ1) is 10.5. The molecule has 1 atom stereocenters. The second kappa shape index (κ2) is 11.6. The van der Waals surface area contributed by atoms with Crippen LogP contribution in [0.4, 0.5) is 0 Å². The van der Waals surface area contributed by atoms with Crippen LogP contribution in [0.15, 0.2) is 4.99 Å². The number of esters is 1. The number of carbonyl (C=O) groups is 1. The van der Waals surface area contributed by atoms with E-state index in [9.17, 15) is 4.79 Å². The number of carbonyl (C=O) groups excluding carboxylic acids is 1. The lowest BCUT2D eigenvalue weighted by Gasteiger charge is -2.15. The molecule has 2 N–H and O–H groups in total. The Labute approximate surface area is 159 Å². The van der Waals surface area contributed by atoms with Crippen LogP contribution in [0.5, 0.6) is 0 Å². The monoisotopic (exact) mass is 454 g/mol. The van der Waals surface area contributed by atoms with E-state index in [2.05, 4.69) is 27.5 Å². The Balaban J connectivity index is 0.00000484. The van der Waals surface area contributed by atoms with E-state index in [1.54, 1.807) is 6.92 Å². The molecule has 0 amide bonds. The number of aliphatic imine (C=N–C) groups is 1. The van der Waals surface area contributed by atoms with Gasteiger partial charge in [-0.05, 0) is 34.1 Å². The molecule has 0 aliphatic rings. The smallest absolute Gasteiger partial charge is 0.350 e. The van der Waals surface area contributed by atoms with Crippen LogP contribution in [0.2, 0.25) is 0 Å². The van der Waals surface area contributed by atoms with E-state index >= 15 is 0 Å². The van der Waals surface area contributed by atoms with Gasteiger partial charge >= 0.3 is 5.97 Å². The summed E-state index contributed by atoms with van der Waals surface area (Å²) in [5.74, 6) is 0.463. The van der Waals surface area contributed by atoms with Gasteiger partial charge in [-0.15, -0.1) is 35.3 Å². The minimum Gasteiger partial charge on any atom is -0.462 e. The molecule has 0 aliphatic heterocycles. The highest BCUT2D eigenvalue weighted by Gasteiger charge is 2.19. The summed E-state index contributed by atoms with van der Waals surface area (Å²) in [6.45, 7) is 11.7. The topological polar surface area (TPSA) is 75.6 Å². The first-order valence-electron chi connectivity index (χ1n) is 7.72. The van der Waals surface area contributed by atoms with E-state index in [4.69, 9.17) is 4.74 Å². The minimum atomic E-state index is -0.303. The summed E-state index contributed by atoms with van der Waals surface area (Å²) in [4.78, 5) is 21.4. The summed E-state index contributed by atoms with van der Waals surface area (Å²) in [7, 11) is 0. The Morgan fingerprint density at radius 1 is 1.39 bits per heavy atom. The van der Waals surface area contributed by atoms with Crippen LogP contribution in [-0.2, 0) is 4.74 Å². The third-order valence-corrected chi connectivity index (χ3v) is 4.16. The highest BCUT2D eigenvalue weighted by Crippen LogP contribution is 2.24. The van der Waals surface area contributed by atoms with Crippen molar-refractivity contribution < 1.29 is 9.53 Å². The van der Waals surface area contributed by atoms with E-state index in [1.165, 1.54) is 11.3 Å². The van der Waals surface area contributed by atoms with Gasteiger partial charge in [0.15, 0.2) is 5.96 Å². The number of nitrogens with one attached hydrogen (secondary N) is 2. The average Bonchev–Trinajstić information content (AvgIpc) is 2.87. The van der Waals surface area contributed by atoms with Gasteiger partial charge in [-0.25, -0.2) is 9.78 Å². The molecule has 23 heavy (non-hydrogen) atoms. The first-order valence-corrected chi connectivity index (χ1v) is 8.54. The highest BCUT2D eigenvalue weighted by molar-refractivity contribution is 14.0. The molecule has 0 aromatic carbocycles. The molecule has 6 nitrogen and oxygen atoms in total. The fourth-order valence-electron chi connectivity index (χ4n) is 1.80. The van der Waals surface area contributed by atoms with Gasteiger partial charge in [0, 0.05) is 13.1 Å². The summed E-state index contributed by atoms with van der Waals surface area (Å²) in [6.07, 6.45) is 0.994. The quantitative estimate of drug-likeness (QED) is 0.286. The summed E-state index contributed by atoms with van der Waals surface area (Å²) in [5.41, 5.74) is 0.711. The average molecular weight is 454 g/mol. The normalized spacial score (nSPS) is 12.3. The number of aryl methyl sites for hydroxylation is 1. The van der Waals surface area contributed by atoms with Gasteiger partial charge in [0.05, 0.1) is 18.3 Å². The van der Waals surface area contributed by atoms with Crippen LogP contribution >= 0.6 is 35.3 Å². The van der Waals surface area contributed by atoms with Gasteiger partial charge in [-0.1, -0.05) is 6.92 Å². The molecule has 0 radical (unpaired) electrons. The van der Waals surface area contributed by atoms with Gasteiger partial charge in [0.1, 0.15) is 9.88 Å². The summed E-state index contributed by atoms with van der Waals surface area (Å²) < 4.78 is 5.05. The number of rotatable bonds is 7. The lowest BCUT2D eigenvalue weighted by molar-refractivity contribution is 0.0531. The number of halogens is 1. The van der Waals surface area contributed by atoms with Gasteiger partial charge < -0.3 is 15.4 Å². The third kappa shape index (κ3) is 7.03. The van der Waals surface area contributed by atoms with Crippen molar-refractivity contribution in [2.45, 2.75) is 47.1 Å². The van der Waals surface area contributed by atoms with E-state index < -0.39 is 0 Å². The van der Waals surface area contributed by atoms with Crippen LogP contribution < -0.4 is 10.6 Å². The fraction of sp³-hybridized carbons (Fsp3) is 0.667. The Morgan fingerprint density at radius 3 is 2.65 bits per heavy atom. The lowest BCUT2D eigenvalue weighted by atomic mass is 10.3. The number of nitrogens with zero attached hydrogens (tertiary/aromatic N) is 2. The second-order valence-corrected chi connectivity index (χ2v) is 5.84. The standard InChI is InChI=1S/C15H26N4O2S.HI/c1-6-9-17-15(16-7-2)19-11(5)13-18-10(4)12(22-13)14(20)21-8-3;/h11H,6-9H2,1-5H3,(H2,16,17,19);1H. The van der Waals surface area contributed by atoms with Crippen LogP contribution in [0, 0.1) is 6.92 Å². The van der Waals surface area contributed by atoms with Crippen molar-refractivity contribution in [1.82, 2.24) is 15.6 Å². The van der Waals surface area contributed by atoms with E-state index in [1.807, 2.05) is 20.8 Å². The molecule has 1 heterocycles. The van der Waals surface area contributed by atoms with Gasteiger partial charge in [0.2, 0.25) is 0 Å². The maximum Gasteiger partial charge on any atom is 0.350 e. The zero-order valence-corrected chi connectivity index (χ0v) is 17.6. The summed E-state index contributed by atoms with van der Waals surface area (Å²) in [5, 5.41) is 7.37. The van der Waals surface area contributed by atoms with Crippen LogP contribution in [0.3, 0.4) is 0 Å². The molecule has 0 aliphatic carbocycles. The molecule has 1 rings (SSSR count). The number of hydrogen-bond acceptors (Lipinski definition) is 5. The number of ether oxygens (including phenoxy) is 1. The summed E-state index contributed by atoms with van der Waals surface area (Å²) >= 11 is 1.37. The Bertz CT molecular complexity index is 520. The molecule has 132 valence electrons. The molecule has 8 heteroatoms. The largest absolute Gasteiger partial charge is 0.462 e. The number of guanidine groups is 1. The molecule has 0 spiro atoms. The SMILES string of the molecule is CCCN=C(NCC)NC(C)c1nc(C)c(C(=O)OCC)s1.I. The number of hydrogen-bond donors (Lipinski definition) is 2. The predicted molar refractivity (Wildman–Crippen MR) is 106 cm³/mol. The van der Waals surface area contributed by atoms with Crippen LogP contribution in [-0.4, -0.2) is 36.6 Å². The molecule has 1 aromatic rings. The maximum atomic E-state index is 11.9. The van der Waals surface area contributed by atoms with Crippen LogP contribution in [0.25, 0.3) is 0 Å². The lowest BCUT2D eigenvalue weighted by Crippen LogP contribution is -2.38. The second-order valence-electron chi connectivity index (χ2n) is 4.81. The summed E-state index contributed by atoms with van der Waals surface area (Å²) in [6, 6.07) is -0.0264. The molecular weight excluding hydrogens is 427 g/mol. The zero-order valence-electron chi connectivity index (χ0n) is 14.4. The van der Waals surface area contributed by atoms with Gasteiger partial charge in [-0.2, -0.15) is 0 Å². The molecule has 1 unspecified atom stereocenters. The molecule has 0 fully saturated rings. The van der Waals surface area contributed by atoms with Crippen molar-refractivity contribution in [1.29, 1.82) is 0 Å². The Kier molecular flexibility index (Phi) is 11.2. The molecule has 0 bridgehead atoms. The number of aromatic nitrogens is 1. The predicted octanol–water partition coefficient (Wildman–Crippen LogP) is 3.27. The molecule has 1 aromatic heterocycles. The zero-order chi connectivity index (χ0) is 16.5. The third-order valence-electron chi connectivity index (χ3n) is 2.84. The van der Waals surface area contributed by atoms with Crippen molar-refractivity contribution in [2.75, 3.05) is 19.7 Å². The van der Waals surface area contributed by atoms with Crippen LogP contribution in [0.1, 0.15) is 60.5 Å². The fourth-order valence-corrected chi connectivity index (χ4v) is 2.76. The van der Waals surface area contributed by atoms with Crippen molar-refractivity contribution in [2.24, 2.45) is 4.99 Å². The van der Waals surface area contributed by atoms with Crippen molar-refractivity contribution >= 4 is 47.2 Å². The molecule has 0 saturated heterocycles. The van der Waals surface area contributed by atoms with Crippen molar-refractivity contribution in [3.8, 4) is 0 Å². The van der Waals surface area contributed by atoms with Gasteiger partial charge in [0.25, 0.3) is 0 Å². The van der Waals surface area contributed by atoms with Crippen molar-refractivity contribution in [3.63, 3.8) is 0 Å². The first kappa shape index (κ1) is 22.1. The van der Waals surface area contributed by atoms with E-state index in [0.29, 0.717) is 17.2 Å². The Hall–Kier alpha value is -0.900. The minimum absolute atomic E-state index is 0. The van der Waals surface area contributed by atoms with E-state index in [0.717, 1.165) is 30.5 Å².